The monoisotopic (exact) mass is 725 g/mol. The van der Waals surface area contributed by atoms with Crippen molar-refractivity contribution in [3.63, 3.8) is 0 Å². The number of thioether (sulfide) groups is 2. The van der Waals surface area contributed by atoms with Gasteiger partial charge in [0.25, 0.3) is 11.8 Å². The summed E-state index contributed by atoms with van der Waals surface area (Å²) in [7, 11) is 0. The minimum atomic E-state index is -0.990. The zero-order chi connectivity index (χ0) is 31.5. The van der Waals surface area contributed by atoms with Gasteiger partial charge in [-0.2, -0.15) is 5.10 Å². The molecule has 2 atom stereocenters. The van der Waals surface area contributed by atoms with Gasteiger partial charge in [0.15, 0.2) is 16.9 Å². The largest absolute Gasteiger partial charge is 0.448 e. The smallest absolute Gasteiger partial charge is 0.356 e. The average Bonchev–Trinajstić information content (AvgIpc) is 3.70. The first-order valence-corrected chi connectivity index (χ1v) is 17.0. The average molecular weight is 727 g/mol. The summed E-state index contributed by atoms with van der Waals surface area (Å²) in [6, 6.07) is 17.8. The van der Waals surface area contributed by atoms with E-state index in [-0.39, 0.29) is 16.5 Å². The van der Waals surface area contributed by atoms with Gasteiger partial charge in [-0.3, -0.25) is 19.6 Å². The summed E-state index contributed by atoms with van der Waals surface area (Å²) in [6.45, 7) is 0. The van der Waals surface area contributed by atoms with Crippen LogP contribution in [-0.2, 0) is 24.9 Å². The highest BCUT2D eigenvalue weighted by atomic mass is 79.9. The van der Waals surface area contributed by atoms with Gasteiger partial charge < -0.3 is 21.0 Å². The molecule has 4 heterocycles. The number of H-pyrrole nitrogens is 1. The third-order valence-electron chi connectivity index (χ3n) is 6.95. The number of carbonyl (C=O) groups excluding carboxylic acids is 3. The van der Waals surface area contributed by atoms with Crippen LogP contribution in [-0.4, -0.2) is 66.0 Å². The van der Waals surface area contributed by atoms with Crippen LogP contribution in [0.5, 0.6) is 0 Å². The van der Waals surface area contributed by atoms with Crippen molar-refractivity contribution in [2.45, 2.75) is 23.3 Å². The number of esters is 1. The first-order chi connectivity index (χ1) is 21.9. The van der Waals surface area contributed by atoms with Crippen LogP contribution in [0.25, 0.3) is 0 Å². The van der Waals surface area contributed by atoms with Gasteiger partial charge in [-0.25, -0.2) is 9.78 Å². The fourth-order valence-corrected chi connectivity index (χ4v) is 8.72. The number of β-lactam (4-membered cyclic amide) rings is 1. The van der Waals surface area contributed by atoms with E-state index in [1.54, 1.807) is 12.4 Å². The lowest BCUT2D eigenvalue weighted by Gasteiger charge is -2.49. The van der Waals surface area contributed by atoms with Crippen molar-refractivity contribution in [3.05, 3.63) is 110 Å². The molecule has 2 aromatic heterocycles. The van der Waals surface area contributed by atoms with E-state index in [4.69, 9.17) is 10.5 Å². The minimum Gasteiger partial charge on any atom is -0.448 e. The van der Waals surface area contributed by atoms with Crippen molar-refractivity contribution in [3.8, 4) is 0 Å². The van der Waals surface area contributed by atoms with Crippen molar-refractivity contribution < 1.29 is 24.3 Å². The van der Waals surface area contributed by atoms with Crippen molar-refractivity contribution >= 4 is 79.4 Å². The van der Waals surface area contributed by atoms with Crippen LogP contribution in [0, 0.1) is 0 Å². The minimum absolute atomic E-state index is 0.0485. The van der Waals surface area contributed by atoms with Gasteiger partial charge in [0.1, 0.15) is 26.6 Å². The number of hydrogen-bond acceptors (Lipinski definition) is 12. The highest BCUT2D eigenvalue weighted by Gasteiger charge is 2.55. The fraction of sp³-hybridized carbons (Fsp3) is 0.172. The number of thiazole rings is 1. The molecule has 5 N–H and O–H groups in total. The van der Waals surface area contributed by atoms with Crippen molar-refractivity contribution in [2.75, 3.05) is 11.5 Å². The molecular weight excluding hydrogens is 702 g/mol. The predicted octanol–water partition coefficient (Wildman–Crippen LogP) is 4.27. The molecule has 230 valence electrons. The van der Waals surface area contributed by atoms with Gasteiger partial charge in [0.05, 0.1) is 6.20 Å². The highest BCUT2D eigenvalue weighted by Crippen LogP contribution is 2.45. The number of nitrogens with one attached hydrogen (secondary N) is 2. The van der Waals surface area contributed by atoms with Gasteiger partial charge in [0.2, 0.25) is 0 Å². The van der Waals surface area contributed by atoms with Crippen LogP contribution in [0.2, 0.25) is 0 Å². The van der Waals surface area contributed by atoms with Gasteiger partial charge >= 0.3 is 5.97 Å². The zero-order valence-electron chi connectivity index (χ0n) is 23.1. The molecule has 1 fully saturated rings. The Morgan fingerprint density at radius 2 is 1.89 bits per heavy atom. The third kappa shape index (κ3) is 6.36. The second-order valence-corrected chi connectivity index (χ2v) is 14.3. The summed E-state index contributed by atoms with van der Waals surface area (Å²) in [5.74, 6) is -1.07. The highest BCUT2D eigenvalue weighted by molar-refractivity contribution is 9.11. The molecule has 6 rings (SSSR count). The number of benzene rings is 2. The number of rotatable bonds is 10. The van der Waals surface area contributed by atoms with E-state index in [2.05, 4.69) is 41.6 Å². The van der Waals surface area contributed by atoms with Crippen LogP contribution in [0.15, 0.2) is 92.6 Å². The molecule has 0 bridgehead atoms. The molecule has 12 nitrogen and oxygen atoms in total. The molecule has 2 aromatic carbocycles. The number of nitrogens with two attached hydrogens (primary N) is 1. The summed E-state index contributed by atoms with van der Waals surface area (Å²) in [4.78, 5) is 47.0. The predicted molar refractivity (Wildman–Crippen MR) is 175 cm³/mol. The molecule has 2 aliphatic heterocycles. The molecule has 16 heteroatoms. The summed E-state index contributed by atoms with van der Waals surface area (Å²) >= 11 is 7.15. The molecule has 1 saturated heterocycles. The third-order valence-corrected chi connectivity index (χ3v) is 11.1. The lowest BCUT2D eigenvalue weighted by molar-refractivity contribution is -0.154. The Labute approximate surface area is 277 Å². The van der Waals surface area contributed by atoms with E-state index in [1.165, 1.54) is 28.4 Å². The standard InChI is InChI=1S/C29H24BrN7O5S3/c30-24-19(35-29(31)45-24)20(36-41)25(38)34-21-26(39)37-22(18(14-44-27(21)37)43-13-15-11-32-33-12-15)28(40)42-23(16-7-3-1-4-8-16)17-9-5-2-6-10-17/h1-12,21,23,27,41H,13-14H2,(H2,31,35)(H,32,33)(H,34,38)/b36-20-/t21-,27+/m1/s1. The molecule has 0 spiro atoms. The molecule has 0 unspecified atom stereocenters. The topological polar surface area (TPSA) is 176 Å². The van der Waals surface area contributed by atoms with Crippen molar-refractivity contribution in [1.82, 2.24) is 25.4 Å². The molecule has 2 amide bonds. The van der Waals surface area contributed by atoms with E-state index >= 15 is 0 Å². The van der Waals surface area contributed by atoms with E-state index < -0.39 is 41.0 Å². The molecule has 4 aromatic rings. The summed E-state index contributed by atoms with van der Waals surface area (Å²) in [5, 5.41) is 21.7. The van der Waals surface area contributed by atoms with Crippen LogP contribution >= 0.6 is 50.8 Å². The molecule has 0 radical (unpaired) electrons. The molecule has 45 heavy (non-hydrogen) atoms. The summed E-state index contributed by atoms with van der Waals surface area (Å²) < 4.78 is 6.58. The Bertz CT molecular complexity index is 1740. The summed E-state index contributed by atoms with van der Waals surface area (Å²) in [6.07, 6.45) is 2.74. The normalized spacial score (nSPS) is 18.0. The SMILES string of the molecule is Nc1nc(/C(=N/O)C(=O)N[C@@H]2C(=O)N3C(C(=O)OC(c4ccccc4)c4ccccc4)=C(SCc4cn[nH]c4)CS[C@@H]23)c(Br)s1. The van der Waals surface area contributed by atoms with Crippen molar-refractivity contribution in [2.24, 2.45) is 5.16 Å². The van der Waals surface area contributed by atoms with Gasteiger partial charge in [-0.05, 0) is 27.1 Å². The Morgan fingerprint density at radius 1 is 1.20 bits per heavy atom. The quantitative estimate of drug-likeness (QED) is 0.0608. The number of fused-ring (bicyclic) bond motifs is 1. The fourth-order valence-electron chi connectivity index (χ4n) is 4.84. The van der Waals surface area contributed by atoms with Gasteiger partial charge in [-0.15, -0.1) is 23.5 Å². The van der Waals surface area contributed by atoms with Gasteiger partial charge in [0, 0.05) is 28.2 Å². The summed E-state index contributed by atoms with van der Waals surface area (Å²) in [5.41, 5.74) is 7.98. The molecule has 0 saturated carbocycles. The number of hydrogen-bond donors (Lipinski definition) is 4. The zero-order valence-corrected chi connectivity index (χ0v) is 27.2. The first-order valence-electron chi connectivity index (χ1n) is 13.4. The number of nitrogen functional groups attached to an aromatic ring is 1. The number of aromatic nitrogens is 3. The Kier molecular flexibility index (Phi) is 9.25. The molecule has 0 aliphatic carbocycles. The van der Waals surface area contributed by atoms with E-state index in [9.17, 15) is 19.6 Å². The number of carbonyl (C=O) groups is 3. The Balaban J connectivity index is 1.28. The Hall–Kier alpha value is -4.12. The first kappa shape index (κ1) is 30.9. The van der Waals surface area contributed by atoms with E-state index in [0.29, 0.717) is 20.2 Å². The second-order valence-electron chi connectivity index (χ2n) is 9.76. The maximum absolute atomic E-state index is 14.1. The van der Waals surface area contributed by atoms with E-state index in [1.807, 2.05) is 60.7 Å². The van der Waals surface area contributed by atoms with Gasteiger partial charge in [-0.1, -0.05) is 77.2 Å². The number of aromatic amines is 1. The van der Waals surface area contributed by atoms with Crippen LogP contribution < -0.4 is 11.1 Å². The number of ether oxygens (including phenoxy) is 1. The van der Waals surface area contributed by atoms with Crippen molar-refractivity contribution in [1.29, 1.82) is 0 Å². The number of amides is 2. The Morgan fingerprint density at radius 3 is 2.47 bits per heavy atom. The number of nitrogens with zero attached hydrogens (tertiary/aromatic N) is 4. The number of halogens is 1. The number of anilines is 1. The lowest BCUT2D eigenvalue weighted by atomic mass is 10.0. The second kappa shape index (κ2) is 13.5. The maximum atomic E-state index is 14.1. The maximum Gasteiger partial charge on any atom is 0.356 e. The number of oxime groups is 1. The van der Waals surface area contributed by atoms with Crippen LogP contribution in [0.1, 0.15) is 28.5 Å². The van der Waals surface area contributed by atoms with Crippen LogP contribution in [0.4, 0.5) is 5.13 Å². The molecular formula is C29H24BrN7O5S3. The molecule has 2 aliphatic rings. The van der Waals surface area contributed by atoms with E-state index in [0.717, 1.165) is 28.0 Å². The lowest BCUT2D eigenvalue weighted by Crippen LogP contribution is -2.71. The van der Waals surface area contributed by atoms with Crippen LogP contribution in [0.3, 0.4) is 0 Å².